The van der Waals surface area contributed by atoms with Crippen LogP contribution in [0.2, 0.25) is 0 Å². The monoisotopic (exact) mass is 377 g/mol. The highest BCUT2D eigenvalue weighted by Crippen LogP contribution is 2.37. The molecule has 0 bridgehead atoms. The summed E-state index contributed by atoms with van der Waals surface area (Å²) in [5.74, 6) is -0.285. The highest BCUT2D eigenvalue weighted by Gasteiger charge is 2.20. The van der Waals surface area contributed by atoms with Gasteiger partial charge in [0.1, 0.15) is 0 Å². The largest absolute Gasteiger partial charge is 0.298 e. The van der Waals surface area contributed by atoms with Crippen LogP contribution >= 0.6 is 11.3 Å². The van der Waals surface area contributed by atoms with Crippen LogP contribution in [0.15, 0.2) is 54.6 Å². The number of rotatable bonds is 4. The molecule has 0 atom stereocenters. The number of hydrogen-bond acceptors (Lipinski definition) is 5. The number of carbonyl (C=O) groups excluding carboxylic acids is 1. The molecule has 1 amide bonds. The number of aromatic nitrogens is 1. The molecule has 6 nitrogen and oxygen atoms in total. The summed E-state index contributed by atoms with van der Waals surface area (Å²) in [7, 11) is 0. The molecule has 1 N–H and O–H groups in total. The normalized spacial score (nSPS) is 12.4. The van der Waals surface area contributed by atoms with Crippen LogP contribution in [0.3, 0.4) is 0 Å². The Balaban J connectivity index is 1.46. The fourth-order valence-corrected chi connectivity index (χ4v) is 4.01. The van der Waals surface area contributed by atoms with Crippen LogP contribution in [0.4, 0.5) is 10.8 Å². The topological polar surface area (TPSA) is 85.1 Å². The number of aryl methyl sites for hydroxylation is 2. The second kappa shape index (κ2) is 7.13. The average molecular weight is 377 g/mol. The minimum atomic E-state index is -0.456. The molecule has 1 heterocycles. The Bertz CT molecular complexity index is 1050. The van der Waals surface area contributed by atoms with Gasteiger partial charge < -0.3 is 0 Å². The second-order valence-electron chi connectivity index (χ2n) is 6.12. The number of benzene rings is 2. The molecule has 0 saturated carbocycles. The molecule has 0 unspecified atom stereocenters. The summed E-state index contributed by atoms with van der Waals surface area (Å²) in [6.07, 6.45) is 4.93. The minimum absolute atomic E-state index is 0.0187. The Hall–Kier alpha value is -3.32. The molecule has 1 aliphatic carbocycles. The number of amides is 1. The van der Waals surface area contributed by atoms with E-state index in [4.69, 9.17) is 0 Å². The maximum Gasteiger partial charge on any atom is 0.269 e. The maximum atomic E-state index is 12.2. The first-order chi connectivity index (χ1) is 13.1. The van der Waals surface area contributed by atoms with Gasteiger partial charge in [0, 0.05) is 28.6 Å². The summed E-state index contributed by atoms with van der Waals surface area (Å²) in [6.45, 7) is 0. The van der Waals surface area contributed by atoms with E-state index in [-0.39, 0.29) is 11.6 Å². The van der Waals surface area contributed by atoms with E-state index >= 15 is 0 Å². The molecular weight excluding hydrogens is 362 g/mol. The zero-order valence-corrected chi connectivity index (χ0v) is 15.0. The molecule has 0 spiro atoms. The quantitative estimate of drug-likeness (QED) is 0.413. The van der Waals surface area contributed by atoms with Crippen LogP contribution < -0.4 is 5.32 Å². The molecule has 0 aliphatic heterocycles. The molecule has 0 fully saturated rings. The highest BCUT2D eigenvalue weighted by molar-refractivity contribution is 7.16. The van der Waals surface area contributed by atoms with E-state index < -0.39 is 4.92 Å². The van der Waals surface area contributed by atoms with Crippen molar-refractivity contribution < 1.29 is 9.72 Å². The minimum Gasteiger partial charge on any atom is -0.298 e. The number of anilines is 1. The van der Waals surface area contributed by atoms with Crippen LogP contribution in [0.25, 0.3) is 17.3 Å². The highest BCUT2D eigenvalue weighted by atomic mass is 32.1. The van der Waals surface area contributed by atoms with Gasteiger partial charge in [0.2, 0.25) is 5.91 Å². The molecule has 4 rings (SSSR count). The Kier molecular flexibility index (Phi) is 4.52. The third-order valence-electron chi connectivity index (χ3n) is 4.35. The van der Waals surface area contributed by atoms with Crippen LogP contribution in [-0.2, 0) is 17.6 Å². The van der Waals surface area contributed by atoms with Gasteiger partial charge in [-0.3, -0.25) is 20.2 Å². The summed E-state index contributed by atoms with van der Waals surface area (Å²) in [5.41, 5.74) is 4.10. The standard InChI is InChI=1S/C20H15N3O3S/c24-18(12-7-13-5-9-15(10-6-13)23(25)26)21-20-22-19-16-4-2-1-3-14(16)8-11-17(19)27-20/h1-7,9-10,12H,8,11H2,(H,21,22,24). The smallest absolute Gasteiger partial charge is 0.269 e. The molecular formula is C20H15N3O3S. The van der Waals surface area contributed by atoms with Crippen molar-refractivity contribution in [3.8, 4) is 11.3 Å². The maximum absolute atomic E-state index is 12.2. The van der Waals surface area contributed by atoms with E-state index in [1.165, 1.54) is 40.0 Å². The van der Waals surface area contributed by atoms with E-state index in [2.05, 4.69) is 22.4 Å². The van der Waals surface area contributed by atoms with Crippen molar-refractivity contribution in [2.45, 2.75) is 12.8 Å². The molecule has 134 valence electrons. The Morgan fingerprint density at radius 2 is 1.93 bits per heavy atom. The number of nitro benzene ring substituents is 1. The first-order valence-corrected chi connectivity index (χ1v) is 9.23. The van der Waals surface area contributed by atoms with Crippen molar-refractivity contribution in [2.75, 3.05) is 5.32 Å². The van der Waals surface area contributed by atoms with Gasteiger partial charge in [-0.05, 0) is 42.2 Å². The lowest BCUT2D eigenvalue weighted by atomic mass is 9.94. The van der Waals surface area contributed by atoms with Crippen molar-refractivity contribution in [1.29, 1.82) is 0 Å². The van der Waals surface area contributed by atoms with Crippen molar-refractivity contribution in [3.05, 3.63) is 80.7 Å². The molecule has 0 saturated heterocycles. The average Bonchev–Trinajstić information content (AvgIpc) is 3.09. The number of carbonyl (C=O) groups is 1. The number of nitro groups is 1. The van der Waals surface area contributed by atoms with Crippen LogP contribution in [0.1, 0.15) is 16.0 Å². The van der Waals surface area contributed by atoms with Gasteiger partial charge in [-0.15, -0.1) is 11.3 Å². The van der Waals surface area contributed by atoms with Crippen LogP contribution in [-0.4, -0.2) is 15.8 Å². The molecule has 1 aliphatic rings. The lowest BCUT2D eigenvalue weighted by Crippen LogP contribution is -2.07. The summed E-state index contributed by atoms with van der Waals surface area (Å²) in [4.78, 5) is 28.2. The summed E-state index contributed by atoms with van der Waals surface area (Å²) >= 11 is 1.50. The summed E-state index contributed by atoms with van der Waals surface area (Å²) in [5, 5.41) is 14.0. The molecule has 2 aromatic carbocycles. The first kappa shape index (κ1) is 17.1. The third-order valence-corrected chi connectivity index (χ3v) is 5.38. The zero-order valence-electron chi connectivity index (χ0n) is 14.2. The number of thiazole rings is 1. The van der Waals surface area contributed by atoms with E-state index in [1.807, 2.05) is 12.1 Å². The van der Waals surface area contributed by atoms with Crippen molar-refractivity contribution in [3.63, 3.8) is 0 Å². The number of nitrogens with one attached hydrogen (secondary N) is 1. The molecule has 3 aromatic rings. The number of hydrogen-bond donors (Lipinski definition) is 1. The summed E-state index contributed by atoms with van der Waals surface area (Å²) in [6, 6.07) is 14.2. The Morgan fingerprint density at radius 3 is 2.70 bits per heavy atom. The predicted molar refractivity (Wildman–Crippen MR) is 106 cm³/mol. The fraction of sp³-hybridized carbons (Fsp3) is 0.100. The lowest BCUT2D eigenvalue weighted by molar-refractivity contribution is -0.384. The van der Waals surface area contributed by atoms with Gasteiger partial charge in [-0.1, -0.05) is 24.3 Å². The Labute approximate surface area is 159 Å². The number of non-ortho nitro benzene ring substituents is 1. The van der Waals surface area contributed by atoms with Gasteiger partial charge >= 0.3 is 0 Å². The SMILES string of the molecule is O=C(C=Cc1ccc([N+](=O)[O-])cc1)Nc1nc2c(s1)CCc1ccccc1-2. The van der Waals surface area contributed by atoms with Gasteiger partial charge in [0.05, 0.1) is 10.6 Å². The van der Waals surface area contributed by atoms with E-state index in [0.29, 0.717) is 10.7 Å². The third kappa shape index (κ3) is 3.63. The molecule has 0 radical (unpaired) electrons. The molecule has 7 heteroatoms. The van der Waals surface area contributed by atoms with Gasteiger partial charge in [0.25, 0.3) is 5.69 Å². The number of fused-ring (bicyclic) bond motifs is 3. The van der Waals surface area contributed by atoms with Crippen molar-refractivity contribution in [1.82, 2.24) is 4.98 Å². The van der Waals surface area contributed by atoms with E-state index in [9.17, 15) is 14.9 Å². The van der Waals surface area contributed by atoms with Crippen molar-refractivity contribution >= 4 is 34.1 Å². The van der Waals surface area contributed by atoms with Crippen LogP contribution in [0.5, 0.6) is 0 Å². The summed E-state index contributed by atoms with van der Waals surface area (Å²) < 4.78 is 0. The van der Waals surface area contributed by atoms with Gasteiger partial charge in [-0.2, -0.15) is 0 Å². The predicted octanol–water partition coefficient (Wildman–Crippen LogP) is 4.47. The first-order valence-electron chi connectivity index (χ1n) is 8.41. The van der Waals surface area contributed by atoms with Gasteiger partial charge in [-0.25, -0.2) is 4.98 Å². The number of nitrogens with zero attached hydrogens (tertiary/aromatic N) is 2. The van der Waals surface area contributed by atoms with Crippen LogP contribution in [0, 0.1) is 10.1 Å². The van der Waals surface area contributed by atoms with Crippen molar-refractivity contribution in [2.24, 2.45) is 0 Å². The second-order valence-corrected chi connectivity index (χ2v) is 7.20. The molecule has 27 heavy (non-hydrogen) atoms. The molecule has 1 aromatic heterocycles. The van der Waals surface area contributed by atoms with Gasteiger partial charge in [0.15, 0.2) is 5.13 Å². The van der Waals surface area contributed by atoms with E-state index in [1.54, 1.807) is 18.2 Å². The lowest BCUT2D eigenvalue weighted by Gasteiger charge is -2.13. The van der Waals surface area contributed by atoms with E-state index in [0.717, 1.165) is 24.1 Å². The zero-order chi connectivity index (χ0) is 18.8. The fourth-order valence-electron chi connectivity index (χ4n) is 3.03. The Morgan fingerprint density at radius 1 is 1.15 bits per heavy atom.